The molecule has 42 N–H and O–H groups in total. The number of benzene rings is 2. The van der Waals surface area contributed by atoms with Crippen molar-refractivity contribution in [3.63, 3.8) is 0 Å². The molecule has 3 fully saturated rings. The van der Waals surface area contributed by atoms with Gasteiger partial charge in [0, 0.05) is 125 Å². The maximum absolute atomic E-state index is 14.3. The Morgan fingerprint density at radius 3 is 1.43 bits per heavy atom. The Balaban J connectivity index is 0.000000545. The molecule has 2 heterocycles. The molecule has 141 heavy (non-hydrogen) atoms. The number of thioether (sulfide) groups is 1. The summed E-state index contributed by atoms with van der Waals surface area (Å²) in [4.78, 5) is 211. The lowest BCUT2D eigenvalue weighted by Crippen LogP contribution is -2.58. The van der Waals surface area contributed by atoms with E-state index in [4.69, 9.17) is 84.0 Å². The van der Waals surface area contributed by atoms with Crippen LogP contribution in [0.3, 0.4) is 0 Å². The number of amides is 13. The third-order valence-electron chi connectivity index (χ3n) is 24.5. The zero-order valence-electron chi connectivity index (χ0n) is 80.8. The van der Waals surface area contributed by atoms with Crippen LogP contribution in [0.25, 0.3) is 0 Å². The van der Waals surface area contributed by atoms with Gasteiger partial charge in [0.25, 0.3) is 0 Å². The summed E-state index contributed by atoms with van der Waals surface area (Å²) >= 11 is 1.76. The number of carbonyl (C=O) groups excluding carboxylic acids is 14. The molecule has 0 aromatic heterocycles. The van der Waals surface area contributed by atoms with E-state index < -0.39 is 148 Å². The second-order valence-electron chi connectivity index (χ2n) is 35.4. The van der Waals surface area contributed by atoms with E-state index in [1.165, 1.54) is 26.2 Å². The van der Waals surface area contributed by atoms with Gasteiger partial charge in [-0.25, -0.2) is 4.79 Å². The van der Waals surface area contributed by atoms with E-state index in [1.807, 2.05) is 0 Å². The number of rotatable bonds is 58. The number of ketones is 2. The molecule has 5 aliphatic rings. The molecule has 13 amide bonds. The number of urea groups is 1. The summed E-state index contributed by atoms with van der Waals surface area (Å²) in [7, 11) is 1.36. The van der Waals surface area contributed by atoms with E-state index in [1.54, 1.807) is 38.6 Å². The Bertz CT molecular complexity index is 4830. The predicted octanol–water partition coefficient (Wildman–Crippen LogP) is -5.80. The van der Waals surface area contributed by atoms with Crippen molar-refractivity contribution in [3.05, 3.63) is 51.6 Å². The molecule has 784 valence electrons. The van der Waals surface area contributed by atoms with Crippen LogP contribution in [0.1, 0.15) is 244 Å². The van der Waals surface area contributed by atoms with Crippen molar-refractivity contribution in [1.29, 1.82) is 0 Å². The van der Waals surface area contributed by atoms with Crippen LogP contribution in [0.5, 0.6) is 17.2 Å². The molecule has 0 bridgehead atoms. The van der Waals surface area contributed by atoms with Gasteiger partial charge < -0.3 is 168 Å². The zero-order valence-corrected chi connectivity index (χ0v) is 81.6. The van der Waals surface area contributed by atoms with Crippen LogP contribution < -0.4 is 143 Å². The fourth-order valence-electron chi connectivity index (χ4n) is 17.1. The summed E-state index contributed by atoms with van der Waals surface area (Å²) in [6, 6.07) is -5.22. The average Bonchev–Trinajstić information content (AvgIpc) is 1.05. The molecule has 2 aromatic rings. The molecule has 7 rings (SSSR count). The standard InChI is InChI=1S/C55H105N29O10S.C34H42N2O10/c1-2-39(85)76-32(15-8-24-71-50(59)60)44(89)81-36(19-12-28-75-54(67)68)48(93)82-35(18-11-27-74-53(65)66)47(92)79-31(14-7-23-70-49(57)58)43(88)69-22-6-5-13-30(42(56)87)78-46(91)34(17-10-26-73-52(63)64)80-45(90)33(16-9-25-72-51(61)62)77-40(86)21-4-3-20-38-41-37(29-95-38)83-55(94)84-41;1-5-22(35-17(3)38)33(43)36-18-8-6-9-19(12-18)46-24-14-34(44,16(2)15-37)13-21-26(24)32(42)28-27(30(21)40)29(39)20-10-7-11-23(45-4)25(20)31(28)41/h30-38,41H,2-29H2,1H3,(H2,56,87)(H,69,88)(H,76,85)(H,77,86)(H,78,91)(H,79,92)(H,80,90)(H,81,89)(H,82,93)(H4,57,58,70)(H4,59,60,71)(H4,61,62,72)(H4,63,64,73)(H4,65,66,74)(H4,67,68,75)(H2,83,84,94);7,10-11,16,18-19,22,24,37,40,42,44H,5-6,8-9,12-15H2,1-4H3,(H,35,38)(H,36,43)/t30-,31-,32-,33-,34-,35-,36-,37-,38-,41-;16?,18?,19?,22-,24-,34+/m00/s1. The molecule has 52 heteroatoms. The van der Waals surface area contributed by atoms with Crippen molar-refractivity contribution in [2.75, 3.05) is 65.3 Å². The highest BCUT2D eigenvalue weighted by molar-refractivity contribution is 8.00. The van der Waals surface area contributed by atoms with Crippen LogP contribution in [0.15, 0.2) is 48.2 Å². The Labute approximate surface area is 822 Å². The number of nitrogens with two attached hydrogens (primary N) is 13. The number of fused-ring (bicyclic) bond motifs is 4. The Morgan fingerprint density at radius 2 is 0.979 bits per heavy atom. The first-order chi connectivity index (χ1) is 66.9. The van der Waals surface area contributed by atoms with Crippen LogP contribution in [-0.4, -0.2) is 287 Å². The number of phenols is 2. The van der Waals surface area contributed by atoms with Gasteiger partial charge in [-0.3, -0.25) is 92.3 Å². The number of aliphatic imine (C=N–C) groups is 6. The van der Waals surface area contributed by atoms with Gasteiger partial charge in [0.2, 0.25) is 70.8 Å². The van der Waals surface area contributed by atoms with Crippen LogP contribution in [0, 0.1) is 5.92 Å². The molecule has 0 spiro atoms. The second kappa shape index (κ2) is 58.5. The molecule has 2 aromatic carbocycles. The SMILES string of the molecule is CCC(=O)N[C@@H](CCCN=C(N)N)C(=O)N[C@@H](CCCN=C(N)N)C(=O)N[C@@H](CCCN=C(N)N)C(=O)N[C@@H](CCCN=C(N)N)C(=O)NCCCC[C@H](NC(=O)[C@H](CCCN=C(N)N)NC(=O)[C@H](CCCN=C(N)N)NC(=O)CCCC[C@@H]1SC[C@@H]2NC(=O)N[C@@H]21)C(N)=O.CC[C@H](NC(C)=O)C(=O)NC1CCCC(O[C@H]2C[C@@](O)(C(C)CO)Cc3c(O)c4c(c(O)c32)C(=O)c2c(OC)cccc2C4=O)C1. The average molecular weight is 2000 g/mol. The minimum absolute atomic E-state index is 0.00639. The number of phenolic OH excluding ortho intramolecular Hbond substituents is 2. The van der Waals surface area contributed by atoms with Gasteiger partial charge in [0.15, 0.2) is 41.5 Å². The number of methoxy groups -OCH3 is 1. The number of hydrogen-bond donors (Lipinski definition) is 29. The summed E-state index contributed by atoms with van der Waals surface area (Å²) in [6.45, 7) is 6.54. The molecule has 1 saturated carbocycles. The number of hydrogen-bond acceptors (Lipinski definition) is 27. The first-order valence-electron chi connectivity index (χ1n) is 47.6. The normalized spacial score (nSPS) is 19.3. The largest absolute Gasteiger partial charge is 0.507 e. The molecule has 3 unspecified atom stereocenters. The smallest absolute Gasteiger partial charge is 0.315 e. The summed E-state index contributed by atoms with van der Waals surface area (Å²) in [5, 5.41) is 78.5. The number of aliphatic hydroxyl groups is 2. The highest BCUT2D eigenvalue weighted by Crippen LogP contribution is 2.54. The minimum Gasteiger partial charge on any atom is -0.507 e. The highest BCUT2D eigenvalue weighted by atomic mass is 32.2. The third kappa shape index (κ3) is 37.5. The van der Waals surface area contributed by atoms with Gasteiger partial charge in [0.05, 0.1) is 53.7 Å². The molecule has 2 aliphatic heterocycles. The number of primary amides is 1. The number of aromatic hydroxyl groups is 2. The molecule has 2 saturated heterocycles. The molecular weight excluding hydrogens is 1860 g/mol. The molecular formula is C89H147N31O20S. The molecule has 3 aliphatic carbocycles. The van der Waals surface area contributed by atoms with Crippen molar-refractivity contribution < 1.29 is 97.0 Å². The van der Waals surface area contributed by atoms with Gasteiger partial charge in [-0.2, -0.15) is 11.8 Å². The number of aliphatic hydroxyl groups excluding tert-OH is 1. The lowest BCUT2D eigenvalue weighted by Gasteiger charge is -2.44. The first-order valence-corrected chi connectivity index (χ1v) is 48.6. The van der Waals surface area contributed by atoms with Crippen molar-refractivity contribution in [2.45, 2.75) is 291 Å². The first kappa shape index (κ1) is 116. The quantitative estimate of drug-likeness (QED) is 0.00823. The fraction of sp³-hybridized carbons (Fsp3) is 0.640. The summed E-state index contributed by atoms with van der Waals surface area (Å²) in [5.41, 5.74) is 69.9. The van der Waals surface area contributed by atoms with E-state index in [0.717, 1.165) is 12.2 Å². The monoisotopic (exact) mass is 2000 g/mol. The van der Waals surface area contributed by atoms with E-state index in [-0.39, 0.29) is 291 Å². The molecule has 51 nitrogen and oxygen atoms in total. The number of nitrogens with one attached hydrogen (secondary N) is 12. The van der Waals surface area contributed by atoms with Gasteiger partial charge in [-0.05, 0) is 147 Å². The van der Waals surface area contributed by atoms with Crippen molar-refractivity contribution in [3.8, 4) is 17.2 Å². The Kier molecular flexibility index (Phi) is 48.2. The van der Waals surface area contributed by atoms with Gasteiger partial charge >= 0.3 is 6.03 Å². The summed E-state index contributed by atoms with van der Waals surface area (Å²) in [6.07, 6.45) is 4.88. The molecule has 16 atom stereocenters. The van der Waals surface area contributed by atoms with Gasteiger partial charge in [-0.15, -0.1) is 0 Å². The second-order valence-corrected chi connectivity index (χ2v) is 36.7. The number of ether oxygens (including phenoxy) is 2. The van der Waals surface area contributed by atoms with E-state index in [0.29, 0.717) is 44.9 Å². The maximum atomic E-state index is 14.3. The van der Waals surface area contributed by atoms with Crippen LogP contribution in [0.2, 0.25) is 0 Å². The minimum atomic E-state index is -1.58. The van der Waals surface area contributed by atoms with E-state index >= 15 is 0 Å². The lowest BCUT2D eigenvalue weighted by molar-refractivity contribution is -0.135. The lowest BCUT2D eigenvalue weighted by atomic mass is 9.69. The van der Waals surface area contributed by atoms with Crippen molar-refractivity contribution >= 4 is 130 Å². The maximum Gasteiger partial charge on any atom is 0.315 e. The molecule has 0 radical (unpaired) electrons. The van der Waals surface area contributed by atoms with E-state index in [9.17, 15) is 87.5 Å². The van der Waals surface area contributed by atoms with E-state index in [2.05, 4.69) is 93.8 Å². The number of carbonyl (C=O) groups is 14. The number of guanidine groups is 6. The zero-order chi connectivity index (χ0) is 104. The Hall–Kier alpha value is -13.5. The fourth-order valence-corrected chi connectivity index (χ4v) is 18.6. The summed E-state index contributed by atoms with van der Waals surface area (Å²) in [5.74, 6) is -10.1. The third-order valence-corrected chi connectivity index (χ3v) is 26.0. The van der Waals surface area contributed by atoms with Crippen LogP contribution in [-0.2, 0) is 63.9 Å². The highest BCUT2D eigenvalue weighted by Gasteiger charge is 2.50. The Morgan fingerprint density at radius 1 is 0.525 bits per heavy atom. The van der Waals surface area contributed by atoms with Crippen LogP contribution >= 0.6 is 11.8 Å². The van der Waals surface area contributed by atoms with Gasteiger partial charge in [-0.1, -0.05) is 39.3 Å². The van der Waals surface area contributed by atoms with Crippen molar-refractivity contribution in [2.24, 2.45) is 110 Å². The number of nitrogens with zero attached hydrogens (tertiary/aromatic N) is 6. The van der Waals surface area contributed by atoms with Gasteiger partial charge in [0.1, 0.15) is 65.6 Å². The topological polar surface area (TPSA) is 895 Å². The number of unbranched alkanes of at least 4 members (excludes halogenated alkanes) is 2. The van der Waals surface area contributed by atoms with Crippen molar-refractivity contribution in [1.82, 2.24) is 63.8 Å². The summed E-state index contributed by atoms with van der Waals surface area (Å²) < 4.78 is 11.9. The van der Waals surface area contributed by atoms with Crippen LogP contribution in [0.4, 0.5) is 4.79 Å². The predicted molar refractivity (Wildman–Crippen MR) is 528 cm³/mol.